The minimum atomic E-state index is -0.529. The number of ether oxygens (including phenoxy) is 2. The van der Waals surface area contributed by atoms with Crippen molar-refractivity contribution < 1.29 is 14.4 Å². The molecule has 0 aromatic heterocycles. The number of hydrogen-bond acceptors (Lipinski definition) is 5. The highest BCUT2D eigenvalue weighted by molar-refractivity contribution is 9.10. The van der Waals surface area contributed by atoms with Crippen molar-refractivity contribution in [3.8, 4) is 23.3 Å². The molecule has 21 heavy (non-hydrogen) atoms. The number of rotatable bonds is 4. The standard InChI is InChI=1S/C14H9BrN2O4/c1-20-13-5-3-11(17(18)19)7-14(13)21-12-4-2-10(15)6-9(12)8-16/h2-7H,1H3. The van der Waals surface area contributed by atoms with Gasteiger partial charge in [0.25, 0.3) is 5.69 Å². The van der Waals surface area contributed by atoms with Crippen molar-refractivity contribution in [3.63, 3.8) is 0 Å². The lowest BCUT2D eigenvalue weighted by atomic mass is 10.2. The molecule has 0 heterocycles. The van der Waals surface area contributed by atoms with Gasteiger partial charge in [0, 0.05) is 10.5 Å². The van der Waals surface area contributed by atoms with Gasteiger partial charge in [-0.2, -0.15) is 5.26 Å². The lowest BCUT2D eigenvalue weighted by Crippen LogP contribution is -1.95. The zero-order valence-electron chi connectivity index (χ0n) is 10.9. The molecule has 0 N–H and O–H groups in total. The number of hydrogen-bond donors (Lipinski definition) is 0. The third kappa shape index (κ3) is 3.30. The number of methoxy groups -OCH3 is 1. The van der Waals surface area contributed by atoms with Crippen molar-refractivity contribution in [1.29, 1.82) is 5.26 Å². The van der Waals surface area contributed by atoms with Crippen LogP contribution in [0, 0.1) is 21.4 Å². The molecule has 2 aromatic rings. The van der Waals surface area contributed by atoms with E-state index in [2.05, 4.69) is 15.9 Å². The molecule has 0 radical (unpaired) electrons. The predicted molar refractivity (Wildman–Crippen MR) is 78.6 cm³/mol. The number of nitriles is 1. The third-order valence-electron chi connectivity index (χ3n) is 2.64. The summed E-state index contributed by atoms with van der Waals surface area (Å²) in [5, 5.41) is 19.9. The first-order chi connectivity index (χ1) is 10.0. The van der Waals surface area contributed by atoms with Crippen molar-refractivity contribution in [2.75, 3.05) is 7.11 Å². The van der Waals surface area contributed by atoms with E-state index in [9.17, 15) is 10.1 Å². The van der Waals surface area contributed by atoms with E-state index in [1.165, 1.54) is 25.3 Å². The normalized spacial score (nSPS) is 9.76. The Bertz CT molecular complexity index is 740. The molecular weight excluding hydrogens is 340 g/mol. The average Bonchev–Trinajstić information content (AvgIpc) is 2.48. The second-order valence-electron chi connectivity index (χ2n) is 3.95. The van der Waals surface area contributed by atoms with Crippen LogP contribution in [-0.2, 0) is 0 Å². The molecule has 0 aliphatic heterocycles. The zero-order valence-corrected chi connectivity index (χ0v) is 12.5. The Balaban J connectivity index is 2.45. The van der Waals surface area contributed by atoms with Crippen molar-refractivity contribution >= 4 is 21.6 Å². The highest BCUT2D eigenvalue weighted by Crippen LogP contribution is 2.36. The van der Waals surface area contributed by atoms with E-state index >= 15 is 0 Å². The SMILES string of the molecule is COc1ccc([N+](=O)[O-])cc1Oc1ccc(Br)cc1C#N. The maximum Gasteiger partial charge on any atom is 0.273 e. The highest BCUT2D eigenvalue weighted by atomic mass is 79.9. The van der Waals surface area contributed by atoms with Crippen molar-refractivity contribution in [3.05, 3.63) is 56.5 Å². The first-order valence-electron chi connectivity index (χ1n) is 5.75. The summed E-state index contributed by atoms with van der Waals surface area (Å²) in [5.74, 6) is 0.803. The zero-order chi connectivity index (χ0) is 15.4. The van der Waals surface area contributed by atoms with Crippen LogP contribution in [0.4, 0.5) is 5.69 Å². The Morgan fingerprint density at radius 2 is 1.90 bits per heavy atom. The van der Waals surface area contributed by atoms with Crippen LogP contribution in [0.5, 0.6) is 17.2 Å². The molecule has 106 valence electrons. The second-order valence-corrected chi connectivity index (χ2v) is 4.86. The molecule has 0 amide bonds. The summed E-state index contributed by atoms with van der Waals surface area (Å²) < 4.78 is 11.4. The summed E-state index contributed by atoms with van der Waals surface area (Å²) >= 11 is 3.26. The molecule has 2 rings (SSSR count). The Labute approximate surface area is 128 Å². The van der Waals surface area contributed by atoms with Crippen LogP contribution in [0.1, 0.15) is 5.56 Å². The van der Waals surface area contributed by atoms with E-state index in [0.29, 0.717) is 17.1 Å². The van der Waals surface area contributed by atoms with Crippen molar-refractivity contribution in [1.82, 2.24) is 0 Å². The molecule has 0 bridgehead atoms. The van der Waals surface area contributed by atoms with Gasteiger partial charge in [0.2, 0.25) is 0 Å². The van der Waals surface area contributed by atoms with E-state index in [4.69, 9.17) is 14.7 Å². The van der Waals surface area contributed by atoms with Gasteiger partial charge in [-0.25, -0.2) is 0 Å². The van der Waals surface area contributed by atoms with E-state index in [0.717, 1.165) is 4.47 Å². The topological polar surface area (TPSA) is 85.4 Å². The van der Waals surface area contributed by atoms with Crippen LogP contribution < -0.4 is 9.47 Å². The molecule has 0 aliphatic carbocycles. The van der Waals surface area contributed by atoms with Gasteiger partial charge >= 0.3 is 0 Å². The molecule has 0 atom stereocenters. The molecule has 2 aromatic carbocycles. The van der Waals surface area contributed by atoms with Gasteiger partial charge in [-0.15, -0.1) is 0 Å². The fourth-order valence-corrected chi connectivity index (χ4v) is 2.02. The molecular formula is C14H9BrN2O4. The van der Waals surface area contributed by atoms with Gasteiger partial charge in [-0.1, -0.05) is 15.9 Å². The fourth-order valence-electron chi connectivity index (χ4n) is 1.66. The van der Waals surface area contributed by atoms with E-state index < -0.39 is 4.92 Å². The average molecular weight is 349 g/mol. The lowest BCUT2D eigenvalue weighted by molar-refractivity contribution is -0.384. The van der Waals surface area contributed by atoms with Crippen LogP contribution in [0.3, 0.4) is 0 Å². The number of nitro groups is 1. The third-order valence-corrected chi connectivity index (χ3v) is 3.13. The Morgan fingerprint density at radius 1 is 1.19 bits per heavy atom. The molecule has 0 saturated heterocycles. The second kappa shape index (κ2) is 6.24. The van der Waals surface area contributed by atoms with E-state index in [1.807, 2.05) is 6.07 Å². The highest BCUT2D eigenvalue weighted by Gasteiger charge is 2.15. The van der Waals surface area contributed by atoms with Crippen LogP contribution in [0.15, 0.2) is 40.9 Å². The van der Waals surface area contributed by atoms with Crippen LogP contribution in [-0.4, -0.2) is 12.0 Å². The Kier molecular flexibility index (Phi) is 4.40. The van der Waals surface area contributed by atoms with E-state index in [1.54, 1.807) is 18.2 Å². The minimum Gasteiger partial charge on any atom is -0.493 e. The summed E-state index contributed by atoms with van der Waals surface area (Å²) in [4.78, 5) is 10.3. The summed E-state index contributed by atoms with van der Waals surface area (Å²) in [7, 11) is 1.43. The van der Waals surface area contributed by atoms with Gasteiger partial charge in [-0.05, 0) is 24.3 Å². The van der Waals surface area contributed by atoms with Crippen molar-refractivity contribution in [2.45, 2.75) is 0 Å². The monoisotopic (exact) mass is 348 g/mol. The van der Waals surface area contributed by atoms with Crippen LogP contribution in [0.2, 0.25) is 0 Å². The smallest absolute Gasteiger partial charge is 0.273 e. The quantitative estimate of drug-likeness (QED) is 0.614. The van der Waals surface area contributed by atoms with Gasteiger partial charge in [0.05, 0.1) is 23.7 Å². The van der Waals surface area contributed by atoms with Gasteiger partial charge < -0.3 is 9.47 Å². The Hall–Kier alpha value is -2.59. The number of benzene rings is 2. The number of non-ortho nitro benzene ring substituents is 1. The summed E-state index contributed by atoms with van der Waals surface area (Å²) in [5.41, 5.74) is 0.180. The number of nitro benzene ring substituents is 1. The van der Waals surface area contributed by atoms with Gasteiger partial charge in [-0.3, -0.25) is 10.1 Å². The molecule has 7 heteroatoms. The molecule has 0 saturated carbocycles. The summed E-state index contributed by atoms with van der Waals surface area (Å²) in [6.45, 7) is 0. The molecule has 0 aliphatic rings. The molecule has 6 nitrogen and oxygen atoms in total. The molecule has 0 unspecified atom stereocenters. The molecule has 0 spiro atoms. The van der Waals surface area contributed by atoms with Gasteiger partial charge in [0.1, 0.15) is 11.8 Å². The predicted octanol–water partition coefficient (Wildman–Crippen LogP) is 4.03. The lowest BCUT2D eigenvalue weighted by Gasteiger charge is -2.11. The largest absolute Gasteiger partial charge is 0.493 e. The number of nitrogens with zero attached hydrogens (tertiary/aromatic N) is 2. The van der Waals surface area contributed by atoms with Crippen LogP contribution in [0.25, 0.3) is 0 Å². The Morgan fingerprint density at radius 3 is 2.52 bits per heavy atom. The van der Waals surface area contributed by atoms with Crippen LogP contribution >= 0.6 is 15.9 Å². The first-order valence-corrected chi connectivity index (χ1v) is 6.54. The van der Waals surface area contributed by atoms with Gasteiger partial charge in [0.15, 0.2) is 11.5 Å². The summed E-state index contributed by atoms with van der Waals surface area (Å²) in [6.07, 6.45) is 0. The maximum atomic E-state index is 10.8. The summed E-state index contributed by atoms with van der Waals surface area (Å²) in [6, 6.07) is 10.9. The maximum absolute atomic E-state index is 10.8. The van der Waals surface area contributed by atoms with Crippen molar-refractivity contribution in [2.24, 2.45) is 0 Å². The fraction of sp³-hybridized carbons (Fsp3) is 0.0714. The van der Waals surface area contributed by atoms with E-state index in [-0.39, 0.29) is 11.4 Å². The minimum absolute atomic E-state index is 0.124. The molecule has 0 fully saturated rings. The number of halogens is 1. The first kappa shape index (κ1) is 14.8.